The lowest BCUT2D eigenvalue weighted by atomic mass is 9.98. The summed E-state index contributed by atoms with van der Waals surface area (Å²) in [5.74, 6) is 1.00. The number of fused-ring (bicyclic) bond motifs is 1. The molecular weight excluding hydrogens is 398 g/mol. The number of carbonyl (C=O) groups excluding carboxylic acids is 2. The molecule has 5 nitrogen and oxygen atoms in total. The van der Waals surface area contributed by atoms with Gasteiger partial charge in [-0.25, -0.2) is 0 Å². The van der Waals surface area contributed by atoms with Gasteiger partial charge in [0, 0.05) is 16.6 Å². The van der Waals surface area contributed by atoms with E-state index >= 15 is 0 Å². The van der Waals surface area contributed by atoms with Crippen molar-refractivity contribution >= 4 is 33.7 Å². The van der Waals surface area contributed by atoms with E-state index in [1.807, 2.05) is 25.1 Å². The Kier molecular flexibility index (Phi) is 5.73. The molecule has 2 aromatic rings. The number of amides is 1. The predicted molar refractivity (Wildman–Crippen MR) is 103 cm³/mol. The highest BCUT2D eigenvalue weighted by molar-refractivity contribution is 9.10. The second kappa shape index (κ2) is 8.19. The Balaban J connectivity index is 1.70. The van der Waals surface area contributed by atoms with Gasteiger partial charge < -0.3 is 14.8 Å². The summed E-state index contributed by atoms with van der Waals surface area (Å²) < 4.78 is 11.9. The number of nitrogens with one attached hydrogen (secondary N) is 1. The van der Waals surface area contributed by atoms with Crippen LogP contribution in [0.3, 0.4) is 0 Å². The smallest absolute Gasteiger partial charge is 0.257 e. The summed E-state index contributed by atoms with van der Waals surface area (Å²) in [7, 11) is 0. The maximum Gasteiger partial charge on any atom is 0.257 e. The fourth-order valence-corrected chi connectivity index (χ4v) is 2.93. The van der Waals surface area contributed by atoms with Crippen LogP contribution in [0.25, 0.3) is 6.08 Å². The van der Waals surface area contributed by atoms with Crippen LogP contribution < -0.4 is 14.8 Å². The minimum atomic E-state index is -0.159. The molecule has 0 aliphatic carbocycles. The van der Waals surface area contributed by atoms with Crippen molar-refractivity contribution in [2.75, 3.05) is 19.8 Å². The fraction of sp³-hybridized carbons (Fsp3) is 0.200. The number of benzene rings is 2. The van der Waals surface area contributed by atoms with Gasteiger partial charge in [0.05, 0.1) is 5.56 Å². The van der Waals surface area contributed by atoms with Crippen LogP contribution in [0.15, 0.2) is 52.5 Å². The highest BCUT2D eigenvalue weighted by Crippen LogP contribution is 2.30. The third-order valence-corrected chi connectivity index (χ3v) is 4.32. The molecule has 0 spiro atoms. The van der Waals surface area contributed by atoms with Crippen LogP contribution in [0, 0.1) is 0 Å². The molecule has 1 aliphatic rings. The van der Waals surface area contributed by atoms with Crippen molar-refractivity contribution in [3.63, 3.8) is 0 Å². The summed E-state index contributed by atoms with van der Waals surface area (Å²) >= 11 is 3.38. The minimum absolute atomic E-state index is 0.0216. The Morgan fingerprint density at radius 2 is 2.04 bits per heavy atom. The molecule has 0 unspecified atom stereocenters. The van der Waals surface area contributed by atoms with Gasteiger partial charge in [-0.1, -0.05) is 28.1 Å². The molecule has 2 aromatic carbocycles. The van der Waals surface area contributed by atoms with Crippen molar-refractivity contribution in [3.8, 4) is 11.5 Å². The van der Waals surface area contributed by atoms with E-state index < -0.39 is 0 Å². The first kappa shape index (κ1) is 18.2. The number of halogens is 1. The van der Waals surface area contributed by atoms with Crippen LogP contribution in [0.2, 0.25) is 0 Å². The Hall–Kier alpha value is -2.60. The molecule has 6 heteroatoms. The molecule has 0 radical (unpaired) electrons. The molecule has 0 atom stereocenters. The van der Waals surface area contributed by atoms with Gasteiger partial charge in [0.1, 0.15) is 18.1 Å². The van der Waals surface area contributed by atoms with Gasteiger partial charge in [0.2, 0.25) is 0 Å². The summed E-state index contributed by atoms with van der Waals surface area (Å²) in [6.45, 7) is 2.65. The predicted octanol–water partition coefficient (Wildman–Crippen LogP) is 3.62. The molecule has 0 aromatic heterocycles. The number of Topliss-reactive ketones (excluding diaryl/α,β-unsaturated/α-hetero) is 1. The third-order valence-electron chi connectivity index (χ3n) is 3.83. The summed E-state index contributed by atoms with van der Waals surface area (Å²) in [6, 6.07) is 12.6. The van der Waals surface area contributed by atoms with Crippen LogP contribution in [0.4, 0.5) is 0 Å². The van der Waals surface area contributed by atoms with Gasteiger partial charge >= 0.3 is 0 Å². The molecule has 26 heavy (non-hydrogen) atoms. The van der Waals surface area contributed by atoms with Crippen LogP contribution in [0.1, 0.15) is 22.8 Å². The van der Waals surface area contributed by atoms with E-state index in [0.29, 0.717) is 29.2 Å². The maximum atomic E-state index is 12.6. The molecule has 0 saturated carbocycles. The topological polar surface area (TPSA) is 64.6 Å². The number of ketones is 1. The van der Waals surface area contributed by atoms with Gasteiger partial charge in [0.25, 0.3) is 5.91 Å². The van der Waals surface area contributed by atoms with E-state index in [4.69, 9.17) is 9.47 Å². The van der Waals surface area contributed by atoms with Crippen LogP contribution in [-0.4, -0.2) is 31.4 Å². The third kappa shape index (κ3) is 4.32. The monoisotopic (exact) mass is 415 g/mol. The van der Waals surface area contributed by atoms with E-state index in [1.54, 1.807) is 30.3 Å². The lowest BCUT2D eigenvalue weighted by Gasteiger charge is -2.19. The quantitative estimate of drug-likeness (QED) is 0.757. The number of carbonyl (C=O) groups is 2. The lowest BCUT2D eigenvalue weighted by molar-refractivity contribution is -0.122. The first-order valence-electron chi connectivity index (χ1n) is 8.24. The van der Waals surface area contributed by atoms with E-state index in [1.165, 1.54) is 0 Å². The molecule has 1 heterocycles. The van der Waals surface area contributed by atoms with Crippen molar-refractivity contribution in [2.24, 2.45) is 0 Å². The molecule has 134 valence electrons. The average molecular weight is 416 g/mol. The highest BCUT2D eigenvalue weighted by Gasteiger charge is 2.23. The van der Waals surface area contributed by atoms with E-state index in [0.717, 1.165) is 10.0 Å². The van der Waals surface area contributed by atoms with Crippen molar-refractivity contribution in [3.05, 3.63) is 63.6 Å². The first-order chi connectivity index (χ1) is 12.6. The van der Waals surface area contributed by atoms with Gasteiger partial charge in [-0.2, -0.15) is 0 Å². The molecule has 1 N–H and O–H groups in total. The van der Waals surface area contributed by atoms with Crippen molar-refractivity contribution in [2.45, 2.75) is 6.92 Å². The Morgan fingerprint density at radius 3 is 2.77 bits per heavy atom. The molecule has 0 bridgehead atoms. The first-order valence-corrected chi connectivity index (χ1v) is 9.03. The summed E-state index contributed by atoms with van der Waals surface area (Å²) in [6.07, 6.45) is 1.81. The molecular formula is C20H18BrNO4. The standard InChI is InChI=1S/C20H18BrNO4/c1-2-22-19(23)12-25-16-6-3-13(4-7-16)9-14-11-26-18-8-5-15(21)10-17(18)20(14)24/h3-10H,2,11-12H2,1H3,(H,22,23)/b14-9+. The normalized spacial score (nSPS) is 14.5. The Morgan fingerprint density at radius 1 is 1.27 bits per heavy atom. The van der Waals surface area contributed by atoms with Crippen molar-refractivity contribution in [1.82, 2.24) is 5.32 Å². The van der Waals surface area contributed by atoms with Gasteiger partial charge in [-0.15, -0.1) is 0 Å². The Bertz CT molecular complexity index is 859. The number of ether oxygens (including phenoxy) is 2. The van der Waals surface area contributed by atoms with E-state index in [-0.39, 0.29) is 24.9 Å². The van der Waals surface area contributed by atoms with Gasteiger partial charge in [-0.05, 0) is 48.9 Å². The summed E-state index contributed by atoms with van der Waals surface area (Å²) in [5, 5.41) is 2.67. The van der Waals surface area contributed by atoms with Crippen LogP contribution >= 0.6 is 15.9 Å². The molecule has 0 fully saturated rings. The number of hydrogen-bond acceptors (Lipinski definition) is 4. The largest absolute Gasteiger partial charge is 0.488 e. The van der Waals surface area contributed by atoms with Crippen molar-refractivity contribution < 1.29 is 19.1 Å². The minimum Gasteiger partial charge on any atom is -0.488 e. The second-order valence-corrected chi connectivity index (χ2v) is 6.65. The van der Waals surface area contributed by atoms with Gasteiger partial charge in [0.15, 0.2) is 12.4 Å². The lowest BCUT2D eigenvalue weighted by Crippen LogP contribution is -2.28. The number of hydrogen-bond donors (Lipinski definition) is 1. The van der Waals surface area contributed by atoms with Crippen molar-refractivity contribution in [1.29, 1.82) is 0 Å². The van der Waals surface area contributed by atoms with Crippen LogP contribution in [-0.2, 0) is 4.79 Å². The number of likely N-dealkylation sites (N-methyl/N-ethyl adjacent to an activating group) is 1. The molecule has 1 amide bonds. The highest BCUT2D eigenvalue weighted by atomic mass is 79.9. The fourth-order valence-electron chi connectivity index (χ4n) is 2.57. The average Bonchev–Trinajstić information content (AvgIpc) is 2.64. The molecule has 3 rings (SSSR count). The van der Waals surface area contributed by atoms with Crippen LogP contribution in [0.5, 0.6) is 11.5 Å². The number of rotatable bonds is 5. The van der Waals surface area contributed by atoms with E-state index in [2.05, 4.69) is 21.2 Å². The zero-order valence-electron chi connectivity index (χ0n) is 14.3. The van der Waals surface area contributed by atoms with E-state index in [9.17, 15) is 9.59 Å². The Labute approximate surface area is 160 Å². The molecule has 0 saturated heterocycles. The summed E-state index contributed by atoms with van der Waals surface area (Å²) in [5.41, 5.74) is 2.01. The zero-order chi connectivity index (χ0) is 18.5. The summed E-state index contributed by atoms with van der Waals surface area (Å²) in [4.78, 5) is 24.0. The second-order valence-electron chi connectivity index (χ2n) is 5.74. The maximum absolute atomic E-state index is 12.6. The SMILES string of the molecule is CCNC(=O)COc1ccc(/C=C2\COc3ccc(Br)cc3C2=O)cc1. The molecule has 1 aliphatic heterocycles. The zero-order valence-corrected chi connectivity index (χ0v) is 15.8. The van der Waals surface area contributed by atoms with Gasteiger partial charge in [-0.3, -0.25) is 9.59 Å².